The van der Waals surface area contributed by atoms with E-state index in [0.717, 1.165) is 0 Å². The van der Waals surface area contributed by atoms with Gasteiger partial charge in [-0.1, -0.05) is 23.5 Å². The summed E-state index contributed by atoms with van der Waals surface area (Å²) in [4.78, 5) is 43.2. The van der Waals surface area contributed by atoms with Crippen LogP contribution in [0.1, 0.15) is 37.9 Å². The largest absolute Gasteiger partial charge is 0.493 e. The van der Waals surface area contributed by atoms with E-state index in [1.165, 1.54) is 37.0 Å². The van der Waals surface area contributed by atoms with Crippen LogP contribution < -0.4 is 29.1 Å². The van der Waals surface area contributed by atoms with Gasteiger partial charge in [-0.3, -0.25) is 14.2 Å². The molecule has 0 amide bonds. The number of carbonyl (C=O) groups is 2. The summed E-state index contributed by atoms with van der Waals surface area (Å²) < 4.78 is 23.8. The minimum atomic E-state index is -0.787. The quantitative estimate of drug-likeness (QED) is 0.302. The highest BCUT2D eigenvalue weighted by Crippen LogP contribution is 2.36. The van der Waals surface area contributed by atoms with Crippen molar-refractivity contribution in [1.29, 1.82) is 0 Å². The van der Waals surface area contributed by atoms with E-state index < -0.39 is 18.0 Å². The van der Waals surface area contributed by atoms with E-state index in [4.69, 9.17) is 18.9 Å². The molecule has 3 aromatic rings. The fraction of sp³-hybridized carbons (Fsp3) is 0.259. The van der Waals surface area contributed by atoms with Crippen molar-refractivity contribution in [3.8, 4) is 17.2 Å². The fourth-order valence-corrected chi connectivity index (χ4v) is 5.65. The van der Waals surface area contributed by atoms with Gasteiger partial charge in [0.05, 0.1) is 47.1 Å². The third-order valence-electron chi connectivity index (χ3n) is 5.75. The van der Waals surface area contributed by atoms with Crippen molar-refractivity contribution in [3.63, 3.8) is 0 Å². The highest BCUT2D eigenvalue weighted by Gasteiger charge is 2.34. The van der Waals surface area contributed by atoms with Crippen LogP contribution in [-0.2, 0) is 14.3 Å². The smallest absolute Gasteiger partial charge is 0.338 e. The lowest BCUT2D eigenvalue weighted by atomic mass is 9.95. The number of nitrogens with zero attached hydrogens (tertiary/aromatic N) is 2. The zero-order valence-electron chi connectivity index (χ0n) is 21.4. The lowest BCUT2D eigenvalue weighted by molar-refractivity contribution is -0.139. The van der Waals surface area contributed by atoms with Gasteiger partial charge in [0, 0.05) is 6.92 Å². The summed E-state index contributed by atoms with van der Waals surface area (Å²) >= 11 is 4.61. The molecular formula is C27H25BrN2O7S. The van der Waals surface area contributed by atoms with Gasteiger partial charge in [-0.2, -0.15) is 0 Å². The summed E-state index contributed by atoms with van der Waals surface area (Å²) in [5.41, 5.74) is 1.77. The molecule has 0 radical (unpaired) electrons. The van der Waals surface area contributed by atoms with Gasteiger partial charge in [0.1, 0.15) is 5.75 Å². The first-order valence-corrected chi connectivity index (χ1v) is 13.2. The Hall–Kier alpha value is -3.70. The molecule has 9 nitrogen and oxygen atoms in total. The standard InChI is InChI=1S/C27H25BrN2O7S/c1-6-36-26(33)23-14(2)29-27-30(24(23)17-8-10-20(34-4)21(13-17)35-5)25(32)22(38-27)12-16-7-9-19(18(28)11-16)37-15(3)31/h7-13,24H,6H2,1-5H3/b22-12-/t24-/m1/s1. The number of hydrogen-bond acceptors (Lipinski definition) is 9. The number of aromatic nitrogens is 1. The van der Waals surface area contributed by atoms with Crippen LogP contribution in [0.4, 0.5) is 0 Å². The van der Waals surface area contributed by atoms with Crippen LogP contribution in [0.25, 0.3) is 6.08 Å². The van der Waals surface area contributed by atoms with Gasteiger partial charge in [-0.25, -0.2) is 9.79 Å². The Morgan fingerprint density at radius 3 is 2.45 bits per heavy atom. The normalized spacial score (nSPS) is 15.0. The number of hydrogen-bond donors (Lipinski definition) is 0. The zero-order chi connectivity index (χ0) is 27.6. The highest BCUT2D eigenvalue weighted by molar-refractivity contribution is 9.10. The summed E-state index contributed by atoms with van der Waals surface area (Å²) in [6.07, 6.45) is 1.72. The molecule has 11 heteroatoms. The van der Waals surface area contributed by atoms with E-state index in [1.54, 1.807) is 56.3 Å². The lowest BCUT2D eigenvalue weighted by Crippen LogP contribution is -2.39. The van der Waals surface area contributed by atoms with Crippen molar-refractivity contribution in [3.05, 3.63) is 83.0 Å². The molecule has 0 saturated heterocycles. The first kappa shape index (κ1) is 27.3. The van der Waals surface area contributed by atoms with Crippen molar-refractivity contribution in [2.75, 3.05) is 20.8 Å². The number of carbonyl (C=O) groups excluding carboxylic acids is 2. The Bertz CT molecular complexity index is 1640. The van der Waals surface area contributed by atoms with Gasteiger partial charge in [0.2, 0.25) is 0 Å². The molecule has 1 atom stereocenters. The number of halogens is 1. The molecule has 0 aliphatic carbocycles. The Kier molecular flexibility index (Phi) is 8.17. The number of ether oxygens (including phenoxy) is 4. The van der Waals surface area contributed by atoms with Crippen LogP contribution in [0.3, 0.4) is 0 Å². The summed E-state index contributed by atoms with van der Waals surface area (Å²) in [5.74, 6) is 0.370. The summed E-state index contributed by atoms with van der Waals surface area (Å²) in [7, 11) is 3.05. The molecule has 0 spiro atoms. The molecule has 2 aromatic carbocycles. The van der Waals surface area contributed by atoms with Crippen molar-refractivity contribution < 1.29 is 28.5 Å². The van der Waals surface area contributed by atoms with Crippen molar-refractivity contribution in [2.24, 2.45) is 4.99 Å². The number of thiazole rings is 1. The van der Waals surface area contributed by atoms with Crippen LogP contribution in [0.2, 0.25) is 0 Å². The minimum Gasteiger partial charge on any atom is -0.493 e. The van der Waals surface area contributed by atoms with E-state index in [1.807, 2.05) is 0 Å². The second-order valence-corrected chi connectivity index (χ2v) is 10.1. The number of rotatable bonds is 7. The van der Waals surface area contributed by atoms with Crippen LogP contribution in [0, 0.1) is 0 Å². The Labute approximate surface area is 230 Å². The molecule has 0 fully saturated rings. The molecule has 4 rings (SSSR count). The molecule has 0 bridgehead atoms. The summed E-state index contributed by atoms with van der Waals surface area (Å²) in [5, 5.41) is 0. The molecule has 0 unspecified atom stereocenters. The molecule has 0 saturated carbocycles. The maximum absolute atomic E-state index is 13.8. The predicted octanol–water partition coefficient (Wildman–Crippen LogP) is 3.50. The van der Waals surface area contributed by atoms with Crippen LogP contribution >= 0.6 is 27.3 Å². The Balaban J connectivity index is 1.91. The minimum absolute atomic E-state index is 0.177. The first-order chi connectivity index (χ1) is 18.2. The Morgan fingerprint density at radius 2 is 1.82 bits per heavy atom. The van der Waals surface area contributed by atoms with Gasteiger partial charge in [0.15, 0.2) is 16.3 Å². The number of allylic oxidation sites excluding steroid dienone is 1. The van der Waals surface area contributed by atoms with Crippen LogP contribution in [0.5, 0.6) is 17.2 Å². The average Bonchev–Trinajstić information content (AvgIpc) is 3.18. The molecule has 2 heterocycles. The van der Waals surface area contributed by atoms with Crippen molar-refractivity contribution >= 4 is 45.3 Å². The molecular weight excluding hydrogens is 576 g/mol. The average molecular weight is 601 g/mol. The van der Waals surface area contributed by atoms with Crippen molar-refractivity contribution in [1.82, 2.24) is 4.57 Å². The first-order valence-electron chi connectivity index (χ1n) is 11.6. The maximum atomic E-state index is 13.8. The summed E-state index contributed by atoms with van der Waals surface area (Å²) in [6, 6.07) is 9.59. The van der Waals surface area contributed by atoms with E-state index in [9.17, 15) is 14.4 Å². The number of benzene rings is 2. The van der Waals surface area contributed by atoms with Crippen molar-refractivity contribution in [2.45, 2.75) is 26.8 Å². The molecule has 1 aliphatic heterocycles. The topological polar surface area (TPSA) is 105 Å². The third kappa shape index (κ3) is 5.30. The molecule has 38 heavy (non-hydrogen) atoms. The van der Waals surface area contributed by atoms with Crippen LogP contribution in [-0.4, -0.2) is 37.3 Å². The van der Waals surface area contributed by atoms with E-state index in [-0.39, 0.29) is 17.7 Å². The fourth-order valence-electron chi connectivity index (χ4n) is 4.13. The second kappa shape index (κ2) is 11.4. The second-order valence-electron chi connectivity index (χ2n) is 8.20. The Morgan fingerprint density at radius 1 is 1.11 bits per heavy atom. The molecule has 1 aliphatic rings. The van der Waals surface area contributed by atoms with Gasteiger partial charge in [0.25, 0.3) is 5.56 Å². The van der Waals surface area contributed by atoms with Gasteiger partial charge in [-0.15, -0.1) is 0 Å². The number of esters is 2. The monoisotopic (exact) mass is 600 g/mol. The number of methoxy groups -OCH3 is 2. The highest BCUT2D eigenvalue weighted by atomic mass is 79.9. The van der Waals surface area contributed by atoms with Gasteiger partial charge < -0.3 is 18.9 Å². The van der Waals surface area contributed by atoms with Crippen LogP contribution in [0.15, 0.2) is 61.9 Å². The molecule has 0 N–H and O–H groups in total. The van der Waals surface area contributed by atoms with Gasteiger partial charge >= 0.3 is 11.9 Å². The third-order valence-corrected chi connectivity index (χ3v) is 7.35. The number of fused-ring (bicyclic) bond motifs is 1. The van der Waals surface area contributed by atoms with E-state index >= 15 is 0 Å². The SMILES string of the molecule is CCOC(=O)C1=C(C)N=c2s/c(=C\c3ccc(OC(C)=O)c(Br)c3)c(=O)n2[C@@H]1c1ccc(OC)c(OC)c1. The zero-order valence-corrected chi connectivity index (χ0v) is 23.8. The van der Waals surface area contributed by atoms with E-state index in [2.05, 4.69) is 20.9 Å². The van der Waals surface area contributed by atoms with Gasteiger partial charge in [-0.05, 0) is 71.2 Å². The molecule has 198 valence electrons. The maximum Gasteiger partial charge on any atom is 0.338 e. The van der Waals surface area contributed by atoms with E-state index in [0.29, 0.717) is 47.9 Å². The summed E-state index contributed by atoms with van der Waals surface area (Å²) in [6.45, 7) is 4.95. The molecule has 1 aromatic heterocycles. The predicted molar refractivity (Wildman–Crippen MR) is 145 cm³/mol. The lowest BCUT2D eigenvalue weighted by Gasteiger charge is -2.25.